The van der Waals surface area contributed by atoms with Crippen LogP contribution in [0.5, 0.6) is 0 Å². The van der Waals surface area contributed by atoms with Crippen LogP contribution in [0.15, 0.2) is 0 Å². The van der Waals surface area contributed by atoms with E-state index in [2.05, 4.69) is 10.6 Å². The number of rotatable bonds is 7. The SMILES string of the molecule is NS(=O)(=O)CCCNC(=O)CCC1CCCNC1. The lowest BCUT2D eigenvalue weighted by molar-refractivity contribution is -0.121. The van der Waals surface area contributed by atoms with E-state index in [1.54, 1.807) is 0 Å². The molecule has 0 aromatic rings. The maximum absolute atomic E-state index is 11.5. The Kier molecular flexibility index (Phi) is 6.59. The van der Waals surface area contributed by atoms with Crippen LogP contribution in [0.25, 0.3) is 0 Å². The standard InChI is InChI=1S/C11H23N3O3S/c12-18(16,17)8-2-7-14-11(15)5-4-10-3-1-6-13-9-10/h10,13H,1-9H2,(H,14,15)(H2,12,16,17). The number of hydrogen-bond donors (Lipinski definition) is 3. The average molecular weight is 277 g/mol. The van der Waals surface area contributed by atoms with Gasteiger partial charge in [-0.3, -0.25) is 4.79 Å². The van der Waals surface area contributed by atoms with Crippen molar-refractivity contribution < 1.29 is 13.2 Å². The first-order valence-electron chi connectivity index (χ1n) is 6.45. The first kappa shape index (κ1) is 15.4. The van der Waals surface area contributed by atoms with Gasteiger partial charge in [0.15, 0.2) is 0 Å². The van der Waals surface area contributed by atoms with E-state index in [-0.39, 0.29) is 11.7 Å². The molecule has 0 aromatic carbocycles. The summed E-state index contributed by atoms with van der Waals surface area (Å²) >= 11 is 0. The Morgan fingerprint density at radius 3 is 2.83 bits per heavy atom. The number of hydrogen-bond acceptors (Lipinski definition) is 4. The van der Waals surface area contributed by atoms with Crippen LogP contribution in [0, 0.1) is 5.92 Å². The van der Waals surface area contributed by atoms with Crippen molar-refractivity contribution in [2.24, 2.45) is 11.1 Å². The van der Waals surface area contributed by atoms with Crippen molar-refractivity contribution >= 4 is 15.9 Å². The second-order valence-electron chi connectivity index (χ2n) is 4.82. The van der Waals surface area contributed by atoms with Gasteiger partial charge in [0, 0.05) is 13.0 Å². The Morgan fingerprint density at radius 1 is 1.44 bits per heavy atom. The van der Waals surface area contributed by atoms with Crippen molar-refractivity contribution in [3.8, 4) is 0 Å². The predicted octanol–water partition coefficient (Wildman–Crippen LogP) is -0.439. The van der Waals surface area contributed by atoms with Gasteiger partial charge < -0.3 is 10.6 Å². The molecule has 0 radical (unpaired) electrons. The van der Waals surface area contributed by atoms with E-state index in [9.17, 15) is 13.2 Å². The van der Waals surface area contributed by atoms with Crippen LogP contribution in [-0.4, -0.2) is 39.7 Å². The van der Waals surface area contributed by atoms with Crippen LogP contribution >= 0.6 is 0 Å². The summed E-state index contributed by atoms with van der Waals surface area (Å²) < 4.78 is 21.3. The highest BCUT2D eigenvalue weighted by atomic mass is 32.2. The molecule has 0 saturated carbocycles. The van der Waals surface area contributed by atoms with Crippen molar-refractivity contribution in [3.63, 3.8) is 0 Å². The van der Waals surface area contributed by atoms with Crippen molar-refractivity contribution in [2.45, 2.75) is 32.1 Å². The molecule has 6 nitrogen and oxygen atoms in total. The van der Waals surface area contributed by atoms with E-state index in [0.717, 1.165) is 19.5 Å². The minimum absolute atomic E-state index is 0.00464. The normalized spacial score (nSPS) is 20.6. The molecule has 1 aliphatic rings. The molecule has 0 aliphatic carbocycles. The number of carbonyl (C=O) groups is 1. The second kappa shape index (κ2) is 7.70. The third kappa shape index (κ3) is 7.62. The molecule has 1 fully saturated rings. The lowest BCUT2D eigenvalue weighted by Gasteiger charge is -2.22. The lowest BCUT2D eigenvalue weighted by Crippen LogP contribution is -2.31. The number of sulfonamides is 1. The van der Waals surface area contributed by atoms with Crippen LogP contribution in [0.1, 0.15) is 32.1 Å². The summed E-state index contributed by atoms with van der Waals surface area (Å²) in [4.78, 5) is 11.5. The average Bonchev–Trinajstić information content (AvgIpc) is 2.32. The Labute approximate surface area is 109 Å². The summed E-state index contributed by atoms with van der Waals surface area (Å²) in [6, 6.07) is 0. The Hall–Kier alpha value is -0.660. The number of primary sulfonamides is 1. The van der Waals surface area contributed by atoms with Crippen LogP contribution < -0.4 is 15.8 Å². The highest BCUT2D eigenvalue weighted by Crippen LogP contribution is 2.15. The van der Waals surface area contributed by atoms with Crippen LogP contribution in [-0.2, 0) is 14.8 Å². The number of nitrogens with two attached hydrogens (primary N) is 1. The molecule has 0 spiro atoms. The molecule has 1 unspecified atom stereocenters. The molecule has 1 atom stereocenters. The Bertz CT molecular complexity index is 351. The molecule has 1 heterocycles. The van der Waals surface area contributed by atoms with Crippen LogP contribution in [0.4, 0.5) is 0 Å². The van der Waals surface area contributed by atoms with Gasteiger partial charge in [-0.25, -0.2) is 13.6 Å². The minimum atomic E-state index is -3.41. The first-order chi connectivity index (χ1) is 8.47. The molecular weight excluding hydrogens is 254 g/mol. The van der Waals surface area contributed by atoms with Crippen molar-refractivity contribution in [1.82, 2.24) is 10.6 Å². The zero-order chi connectivity index (χ0) is 13.4. The lowest BCUT2D eigenvalue weighted by atomic mass is 9.94. The smallest absolute Gasteiger partial charge is 0.220 e. The Morgan fingerprint density at radius 2 is 2.22 bits per heavy atom. The van der Waals surface area contributed by atoms with Gasteiger partial charge in [-0.15, -0.1) is 0 Å². The van der Waals surface area contributed by atoms with Crippen LogP contribution in [0.2, 0.25) is 0 Å². The molecule has 4 N–H and O–H groups in total. The van der Waals surface area contributed by atoms with Gasteiger partial charge >= 0.3 is 0 Å². The van der Waals surface area contributed by atoms with Gasteiger partial charge in [-0.05, 0) is 44.7 Å². The molecule has 7 heteroatoms. The fraction of sp³-hybridized carbons (Fsp3) is 0.909. The summed E-state index contributed by atoms with van der Waals surface area (Å²) in [5.41, 5.74) is 0. The van der Waals surface area contributed by atoms with E-state index < -0.39 is 10.0 Å². The molecule has 1 rings (SSSR count). The molecule has 0 bridgehead atoms. The largest absolute Gasteiger partial charge is 0.356 e. The van der Waals surface area contributed by atoms with Gasteiger partial charge in [0.1, 0.15) is 0 Å². The fourth-order valence-corrected chi connectivity index (χ4v) is 2.64. The molecule has 1 amide bonds. The summed E-state index contributed by atoms with van der Waals surface area (Å²) in [5, 5.41) is 10.9. The van der Waals surface area contributed by atoms with E-state index in [0.29, 0.717) is 25.3 Å². The molecule has 18 heavy (non-hydrogen) atoms. The van der Waals surface area contributed by atoms with Gasteiger partial charge in [-0.2, -0.15) is 0 Å². The molecule has 106 valence electrons. The summed E-state index contributed by atoms with van der Waals surface area (Å²) in [6.07, 6.45) is 4.15. The molecule has 1 saturated heterocycles. The second-order valence-corrected chi connectivity index (χ2v) is 6.56. The van der Waals surface area contributed by atoms with E-state index in [1.807, 2.05) is 0 Å². The van der Waals surface area contributed by atoms with Crippen molar-refractivity contribution in [1.29, 1.82) is 0 Å². The van der Waals surface area contributed by atoms with Gasteiger partial charge in [0.05, 0.1) is 5.75 Å². The fourth-order valence-electron chi connectivity index (χ4n) is 2.10. The maximum atomic E-state index is 11.5. The van der Waals surface area contributed by atoms with Crippen molar-refractivity contribution in [2.75, 3.05) is 25.4 Å². The zero-order valence-corrected chi connectivity index (χ0v) is 11.5. The predicted molar refractivity (Wildman–Crippen MR) is 70.4 cm³/mol. The first-order valence-corrected chi connectivity index (χ1v) is 8.17. The molecule has 0 aromatic heterocycles. The van der Waals surface area contributed by atoms with Gasteiger partial charge in [0.25, 0.3) is 0 Å². The minimum Gasteiger partial charge on any atom is -0.356 e. The number of nitrogens with one attached hydrogen (secondary N) is 2. The maximum Gasteiger partial charge on any atom is 0.220 e. The van der Waals surface area contributed by atoms with Gasteiger partial charge in [0.2, 0.25) is 15.9 Å². The van der Waals surface area contributed by atoms with E-state index >= 15 is 0 Å². The summed E-state index contributed by atoms with van der Waals surface area (Å²) in [7, 11) is -3.41. The quantitative estimate of drug-likeness (QED) is 0.549. The Balaban J connectivity index is 2.03. The van der Waals surface area contributed by atoms with Crippen molar-refractivity contribution in [3.05, 3.63) is 0 Å². The number of piperidine rings is 1. The van der Waals surface area contributed by atoms with E-state index in [1.165, 1.54) is 12.8 Å². The molecule has 1 aliphatic heterocycles. The highest BCUT2D eigenvalue weighted by Gasteiger charge is 2.14. The summed E-state index contributed by atoms with van der Waals surface area (Å²) in [5.74, 6) is 0.503. The topological polar surface area (TPSA) is 101 Å². The third-order valence-electron chi connectivity index (χ3n) is 3.11. The third-order valence-corrected chi connectivity index (χ3v) is 3.96. The van der Waals surface area contributed by atoms with Gasteiger partial charge in [-0.1, -0.05) is 0 Å². The monoisotopic (exact) mass is 277 g/mol. The number of amides is 1. The zero-order valence-electron chi connectivity index (χ0n) is 10.7. The number of carbonyl (C=O) groups excluding carboxylic acids is 1. The highest BCUT2D eigenvalue weighted by molar-refractivity contribution is 7.89. The van der Waals surface area contributed by atoms with E-state index in [4.69, 9.17) is 5.14 Å². The van der Waals surface area contributed by atoms with Crippen LogP contribution in [0.3, 0.4) is 0 Å². The summed E-state index contributed by atoms with van der Waals surface area (Å²) in [6.45, 7) is 2.45. The molecular formula is C11H23N3O3S.